The van der Waals surface area contributed by atoms with E-state index in [-0.39, 0.29) is 5.97 Å². The molecule has 2 heteroatoms. The van der Waals surface area contributed by atoms with Crippen LogP contribution in [0.2, 0.25) is 0 Å². The van der Waals surface area contributed by atoms with Gasteiger partial charge < -0.3 is 4.74 Å². The summed E-state index contributed by atoms with van der Waals surface area (Å²) < 4.78 is 5.06. The van der Waals surface area contributed by atoms with Crippen molar-refractivity contribution in [2.45, 2.75) is 6.92 Å². The number of ether oxygens (including phenoxy) is 1. The van der Waals surface area contributed by atoms with E-state index < -0.39 is 0 Å². The maximum atomic E-state index is 10.9. The Kier molecular flexibility index (Phi) is 3.58. The Morgan fingerprint density at radius 1 is 1.00 bits per heavy atom. The number of carbonyl (C=O) groups is 1. The standard InChI is InChI=1S/C16H14O2/c1-12(14-7-4-3-5-8-14)15-9-6-10-16(11-15)18-13(2)17/h3-11H,1H2,2H3. The van der Waals surface area contributed by atoms with Crippen molar-refractivity contribution >= 4 is 11.5 Å². The fraction of sp³-hybridized carbons (Fsp3) is 0.0625. The third-order valence-corrected chi connectivity index (χ3v) is 2.57. The number of benzene rings is 2. The lowest BCUT2D eigenvalue weighted by atomic mass is 10.00. The van der Waals surface area contributed by atoms with Gasteiger partial charge in [0.2, 0.25) is 0 Å². The molecule has 0 aliphatic heterocycles. The van der Waals surface area contributed by atoms with Crippen LogP contribution in [0, 0.1) is 0 Å². The zero-order valence-corrected chi connectivity index (χ0v) is 10.2. The molecule has 0 aliphatic rings. The van der Waals surface area contributed by atoms with Gasteiger partial charge in [0.25, 0.3) is 0 Å². The molecule has 90 valence electrons. The van der Waals surface area contributed by atoms with E-state index in [1.54, 1.807) is 6.07 Å². The van der Waals surface area contributed by atoms with Crippen LogP contribution in [0.25, 0.3) is 5.57 Å². The Balaban J connectivity index is 2.29. The van der Waals surface area contributed by atoms with E-state index in [0.29, 0.717) is 5.75 Å². The van der Waals surface area contributed by atoms with Gasteiger partial charge >= 0.3 is 5.97 Å². The summed E-state index contributed by atoms with van der Waals surface area (Å²) in [7, 11) is 0. The monoisotopic (exact) mass is 238 g/mol. The van der Waals surface area contributed by atoms with Crippen molar-refractivity contribution in [3.63, 3.8) is 0 Å². The number of hydrogen-bond donors (Lipinski definition) is 0. The Bertz CT molecular complexity index is 571. The van der Waals surface area contributed by atoms with Crippen molar-refractivity contribution in [3.05, 3.63) is 72.3 Å². The van der Waals surface area contributed by atoms with Gasteiger partial charge in [0.15, 0.2) is 0 Å². The normalized spacial score (nSPS) is 9.83. The third kappa shape index (κ3) is 2.86. The van der Waals surface area contributed by atoms with Crippen molar-refractivity contribution in [1.82, 2.24) is 0 Å². The maximum absolute atomic E-state index is 10.9. The van der Waals surface area contributed by atoms with Gasteiger partial charge in [0.05, 0.1) is 0 Å². The summed E-state index contributed by atoms with van der Waals surface area (Å²) >= 11 is 0. The Morgan fingerprint density at radius 3 is 2.33 bits per heavy atom. The predicted molar refractivity (Wildman–Crippen MR) is 72.3 cm³/mol. The molecule has 0 fully saturated rings. The smallest absolute Gasteiger partial charge is 0.308 e. The first-order valence-corrected chi connectivity index (χ1v) is 5.70. The van der Waals surface area contributed by atoms with Crippen LogP contribution in [0.3, 0.4) is 0 Å². The summed E-state index contributed by atoms with van der Waals surface area (Å²) in [5, 5.41) is 0. The van der Waals surface area contributed by atoms with E-state index in [9.17, 15) is 4.79 Å². The van der Waals surface area contributed by atoms with Crippen LogP contribution < -0.4 is 4.74 Å². The minimum atomic E-state index is -0.322. The fourth-order valence-electron chi connectivity index (χ4n) is 1.72. The van der Waals surface area contributed by atoms with E-state index in [1.807, 2.05) is 48.5 Å². The molecular formula is C16H14O2. The topological polar surface area (TPSA) is 26.3 Å². The first kappa shape index (κ1) is 12.1. The van der Waals surface area contributed by atoms with Crippen LogP contribution in [-0.2, 0) is 4.79 Å². The quantitative estimate of drug-likeness (QED) is 0.602. The molecule has 0 heterocycles. The predicted octanol–water partition coefficient (Wildman–Crippen LogP) is 3.67. The van der Waals surface area contributed by atoms with E-state index in [1.165, 1.54) is 6.92 Å². The summed E-state index contributed by atoms with van der Waals surface area (Å²) in [5.74, 6) is 0.217. The van der Waals surface area contributed by atoms with Crippen LogP contribution in [0.4, 0.5) is 0 Å². The lowest BCUT2D eigenvalue weighted by Gasteiger charge is -2.08. The van der Waals surface area contributed by atoms with Gasteiger partial charge in [-0.1, -0.05) is 49.0 Å². The summed E-state index contributed by atoms with van der Waals surface area (Å²) in [6.07, 6.45) is 0. The average Bonchev–Trinajstić information content (AvgIpc) is 2.38. The van der Waals surface area contributed by atoms with Crippen molar-refractivity contribution in [2.24, 2.45) is 0 Å². The SMILES string of the molecule is C=C(c1ccccc1)c1cccc(OC(C)=O)c1. The molecule has 0 saturated carbocycles. The maximum Gasteiger partial charge on any atom is 0.308 e. The molecule has 0 unspecified atom stereocenters. The van der Waals surface area contributed by atoms with Crippen LogP contribution in [0.15, 0.2) is 61.2 Å². The highest BCUT2D eigenvalue weighted by Crippen LogP contribution is 2.24. The molecule has 2 nitrogen and oxygen atoms in total. The number of hydrogen-bond acceptors (Lipinski definition) is 2. The molecule has 2 rings (SSSR count). The molecule has 0 bridgehead atoms. The zero-order chi connectivity index (χ0) is 13.0. The van der Waals surface area contributed by atoms with Crippen LogP contribution in [0.1, 0.15) is 18.1 Å². The second-order valence-corrected chi connectivity index (χ2v) is 3.97. The minimum Gasteiger partial charge on any atom is -0.427 e. The fourth-order valence-corrected chi connectivity index (χ4v) is 1.72. The molecular weight excluding hydrogens is 224 g/mol. The average molecular weight is 238 g/mol. The van der Waals surface area contributed by atoms with E-state index >= 15 is 0 Å². The second kappa shape index (κ2) is 5.32. The van der Waals surface area contributed by atoms with Gasteiger partial charge in [-0.3, -0.25) is 4.79 Å². The first-order valence-electron chi connectivity index (χ1n) is 5.70. The molecule has 2 aromatic rings. The minimum absolute atomic E-state index is 0.322. The molecule has 18 heavy (non-hydrogen) atoms. The Morgan fingerprint density at radius 2 is 1.67 bits per heavy atom. The van der Waals surface area contributed by atoms with Crippen molar-refractivity contribution < 1.29 is 9.53 Å². The summed E-state index contributed by atoms with van der Waals surface area (Å²) in [6.45, 7) is 5.46. The summed E-state index contributed by atoms with van der Waals surface area (Å²) in [6, 6.07) is 17.3. The van der Waals surface area contributed by atoms with Crippen molar-refractivity contribution in [3.8, 4) is 5.75 Å². The molecule has 0 radical (unpaired) electrons. The molecule has 0 saturated heterocycles. The zero-order valence-electron chi connectivity index (χ0n) is 10.2. The van der Waals surface area contributed by atoms with Gasteiger partial charge in [-0.25, -0.2) is 0 Å². The highest BCUT2D eigenvalue weighted by atomic mass is 16.5. The van der Waals surface area contributed by atoms with Gasteiger partial charge in [-0.05, 0) is 28.8 Å². The van der Waals surface area contributed by atoms with Gasteiger partial charge in [-0.2, -0.15) is 0 Å². The van der Waals surface area contributed by atoms with Gasteiger partial charge in [-0.15, -0.1) is 0 Å². The largest absolute Gasteiger partial charge is 0.427 e. The lowest BCUT2D eigenvalue weighted by molar-refractivity contribution is -0.131. The highest BCUT2D eigenvalue weighted by Gasteiger charge is 2.04. The third-order valence-electron chi connectivity index (χ3n) is 2.57. The molecule has 0 N–H and O–H groups in total. The van der Waals surface area contributed by atoms with Gasteiger partial charge in [0, 0.05) is 6.92 Å². The Hall–Kier alpha value is -2.35. The van der Waals surface area contributed by atoms with E-state index in [2.05, 4.69) is 6.58 Å². The number of rotatable bonds is 3. The summed E-state index contributed by atoms with van der Waals surface area (Å²) in [4.78, 5) is 10.9. The second-order valence-electron chi connectivity index (χ2n) is 3.97. The molecule has 0 aromatic heterocycles. The number of esters is 1. The van der Waals surface area contributed by atoms with Gasteiger partial charge in [0.1, 0.15) is 5.75 Å². The molecule has 0 spiro atoms. The van der Waals surface area contributed by atoms with Crippen LogP contribution in [-0.4, -0.2) is 5.97 Å². The molecule has 0 atom stereocenters. The van der Waals surface area contributed by atoms with E-state index in [0.717, 1.165) is 16.7 Å². The van der Waals surface area contributed by atoms with E-state index in [4.69, 9.17) is 4.74 Å². The van der Waals surface area contributed by atoms with Crippen LogP contribution >= 0.6 is 0 Å². The first-order chi connectivity index (χ1) is 8.66. The Labute approximate surface area is 107 Å². The molecule has 0 amide bonds. The van der Waals surface area contributed by atoms with Crippen molar-refractivity contribution in [1.29, 1.82) is 0 Å². The lowest BCUT2D eigenvalue weighted by Crippen LogP contribution is -2.01. The molecule has 0 aliphatic carbocycles. The highest BCUT2D eigenvalue weighted by molar-refractivity contribution is 5.79. The van der Waals surface area contributed by atoms with Crippen molar-refractivity contribution in [2.75, 3.05) is 0 Å². The van der Waals surface area contributed by atoms with Crippen LogP contribution in [0.5, 0.6) is 5.75 Å². The number of carbonyl (C=O) groups excluding carboxylic acids is 1. The summed E-state index contributed by atoms with van der Waals surface area (Å²) in [5.41, 5.74) is 2.90. The molecule has 2 aromatic carbocycles.